The van der Waals surface area contributed by atoms with E-state index in [0.29, 0.717) is 0 Å². The maximum Gasteiger partial charge on any atom is 0.146 e. The quantitative estimate of drug-likeness (QED) is 0.897. The zero-order chi connectivity index (χ0) is 14.6. The Morgan fingerprint density at radius 3 is 2.65 bits per heavy atom. The highest BCUT2D eigenvalue weighted by atomic mass is 19.1. The molecular weight excluding hydrogens is 253 g/mol. The minimum absolute atomic E-state index is 0.0198. The molecule has 0 amide bonds. The van der Waals surface area contributed by atoms with Crippen LogP contribution in [0, 0.1) is 5.82 Å². The van der Waals surface area contributed by atoms with Crippen LogP contribution in [0.15, 0.2) is 18.5 Å². The molecule has 2 unspecified atom stereocenters. The third kappa shape index (κ3) is 2.86. The molecule has 0 aliphatic carbocycles. The number of nitrogens with zero attached hydrogens (tertiary/aromatic N) is 2. The molecule has 1 saturated heterocycles. The Labute approximate surface area is 121 Å². The van der Waals surface area contributed by atoms with Gasteiger partial charge in [0.15, 0.2) is 0 Å². The Bertz CT molecular complexity index is 431. The number of pyridine rings is 1. The molecule has 0 aromatic carbocycles. The summed E-state index contributed by atoms with van der Waals surface area (Å²) in [6.07, 6.45) is 7.76. The summed E-state index contributed by atoms with van der Waals surface area (Å²) in [5.41, 5.74) is 0.648. The summed E-state index contributed by atoms with van der Waals surface area (Å²) in [4.78, 5) is 6.39. The van der Waals surface area contributed by atoms with E-state index in [2.05, 4.69) is 29.0 Å². The van der Waals surface area contributed by atoms with Crippen LogP contribution in [0.4, 0.5) is 4.39 Å². The average molecular weight is 279 g/mol. The first kappa shape index (κ1) is 15.4. The molecular formula is C16H26FN3. The van der Waals surface area contributed by atoms with Crippen LogP contribution in [0.2, 0.25) is 0 Å². The lowest BCUT2D eigenvalue weighted by atomic mass is 9.82. The van der Waals surface area contributed by atoms with Crippen LogP contribution in [0.1, 0.15) is 51.1 Å². The van der Waals surface area contributed by atoms with Gasteiger partial charge in [0.1, 0.15) is 5.82 Å². The number of likely N-dealkylation sites (N-methyl/N-ethyl adjacent to an activating group) is 1. The van der Waals surface area contributed by atoms with Gasteiger partial charge in [-0.25, -0.2) is 4.39 Å². The molecule has 2 heterocycles. The van der Waals surface area contributed by atoms with Crippen molar-refractivity contribution in [3.05, 3.63) is 29.8 Å². The highest BCUT2D eigenvalue weighted by Crippen LogP contribution is 2.36. The van der Waals surface area contributed by atoms with Gasteiger partial charge in [-0.15, -0.1) is 0 Å². The zero-order valence-electron chi connectivity index (χ0n) is 12.8. The van der Waals surface area contributed by atoms with Crippen LogP contribution in [0.3, 0.4) is 0 Å². The number of nitrogens with one attached hydrogen (secondary N) is 1. The van der Waals surface area contributed by atoms with Gasteiger partial charge >= 0.3 is 0 Å². The molecule has 1 N–H and O–H groups in total. The highest BCUT2D eigenvalue weighted by molar-refractivity contribution is 5.22. The predicted octanol–water partition coefficient (Wildman–Crippen LogP) is 3.14. The molecule has 0 radical (unpaired) electrons. The maximum atomic E-state index is 14.1. The van der Waals surface area contributed by atoms with Gasteiger partial charge in [-0.05, 0) is 52.4 Å². The second-order valence-corrected chi connectivity index (χ2v) is 5.88. The van der Waals surface area contributed by atoms with E-state index in [1.165, 1.54) is 25.5 Å². The predicted molar refractivity (Wildman–Crippen MR) is 80.1 cm³/mol. The number of aromatic nitrogens is 1. The molecule has 1 fully saturated rings. The third-order valence-corrected chi connectivity index (χ3v) is 4.82. The van der Waals surface area contributed by atoms with E-state index in [9.17, 15) is 4.39 Å². The van der Waals surface area contributed by atoms with Gasteiger partial charge in [-0.2, -0.15) is 0 Å². The highest BCUT2D eigenvalue weighted by Gasteiger charge is 2.39. The number of hydrogen-bond donors (Lipinski definition) is 1. The van der Waals surface area contributed by atoms with Crippen molar-refractivity contribution in [2.24, 2.45) is 0 Å². The molecule has 0 saturated carbocycles. The van der Waals surface area contributed by atoms with Gasteiger partial charge in [0, 0.05) is 17.3 Å². The molecule has 3 nitrogen and oxygen atoms in total. The Balaban J connectivity index is 2.33. The van der Waals surface area contributed by atoms with Crippen molar-refractivity contribution < 1.29 is 4.39 Å². The summed E-state index contributed by atoms with van der Waals surface area (Å²) in [5.74, 6) is -0.219. The molecule has 1 aliphatic heterocycles. The van der Waals surface area contributed by atoms with E-state index in [0.717, 1.165) is 25.1 Å². The first-order chi connectivity index (χ1) is 9.63. The van der Waals surface area contributed by atoms with Crippen molar-refractivity contribution in [1.82, 2.24) is 15.2 Å². The van der Waals surface area contributed by atoms with Crippen LogP contribution in [0.5, 0.6) is 0 Å². The van der Waals surface area contributed by atoms with Crippen molar-refractivity contribution >= 4 is 0 Å². The lowest BCUT2D eigenvalue weighted by Crippen LogP contribution is -2.55. The van der Waals surface area contributed by atoms with Crippen LogP contribution >= 0.6 is 0 Å². The van der Waals surface area contributed by atoms with Crippen molar-refractivity contribution in [2.75, 3.05) is 20.1 Å². The van der Waals surface area contributed by atoms with Gasteiger partial charge < -0.3 is 5.32 Å². The normalized spacial score (nSPS) is 21.4. The van der Waals surface area contributed by atoms with Gasteiger partial charge in [0.05, 0.1) is 12.2 Å². The number of halogens is 1. The van der Waals surface area contributed by atoms with Crippen molar-refractivity contribution in [1.29, 1.82) is 0 Å². The van der Waals surface area contributed by atoms with E-state index in [-0.39, 0.29) is 17.4 Å². The molecule has 0 bridgehead atoms. The molecule has 0 spiro atoms. The fourth-order valence-corrected chi connectivity index (χ4v) is 3.44. The van der Waals surface area contributed by atoms with E-state index in [1.807, 2.05) is 7.05 Å². The second kappa shape index (κ2) is 6.64. The topological polar surface area (TPSA) is 28.2 Å². The Morgan fingerprint density at radius 1 is 1.40 bits per heavy atom. The van der Waals surface area contributed by atoms with E-state index in [4.69, 9.17) is 0 Å². The molecule has 4 heteroatoms. The van der Waals surface area contributed by atoms with E-state index in [1.54, 1.807) is 12.3 Å². The number of hydrogen-bond acceptors (Lipinski definition) is 3. The van der Waals surface area contributed by atoms with Crippen molar-refractivity contribution in [3.63, 3.8) is 0 Å². The average Bonchev–Trinajstić information content (AvgIpc) is 2.50. The second-order valence-electron chi connectivity index (χ2n) is 5.88. The monoisotopic (exact) mass is 279 g/mol. The Morgan fingerprint density at radius 2 is 2.10 bits per heavy atom. The largest absolute Gasteiger partial charge is 0.311 e. The lowest BCUT2D eigenvalue weighted by Gasteiger charge is -2.48. The summed E-state index contributed by atoms with van der Waals surface area (Å²) >= 11 is 0. The lowest BCUT2D eigenvalue weighted by molar-refractivity contribution is 0.0437. The minimum Gasteiger partial charge on any atom is -0.311 e. The first-order valence-corrected chi connectivity index (χ1v) is 7.65. The van der Waals surface area contributed by atoms with Crippen LogP contribution in [-0.2, 0) is 0 Å². The summed E-state index contributed by atoms with van der Waals surface area (Å²) in [7, 11) is 1.92. The molecule has 20 heavy (non-hydrogen) atoms. The smallest absolute Gasteiger partial charge is 0.146 e. The van der Waals surface area contributed by atoms with Gasteiger partial charge in [0.25, 0.3) is 0 Å². The number of rotatable bonds is 5. The van der Waals surface area contributed by atoms with Gasteiger partial charge in [-0.1, -0.05) is 13.3 Å². The molecule has 2 atom stereocenters. The summed E-state index contributed by atoms with van der Waals surface area (Å²) < 4.78 is 14.1. The number of likely N-dealkylation sites (tertiary alicyclic amines) is 1. The minimum atomic E-state index is -0.219. The van der Waals surface area contributed by atoms with E-state index >= 15 is 0 Å². The fourth-order valence-electron chi connectivity index (χ4n) is 3.44. The first-order valence-electron chi connectivity index (χ1n) is 7.65. The third-order valence-electron chi connectivity index (χ3n) is 4.82. The standard InChI is InChI=1S/C16H26FN3/c1-4-16(2,20-10-6-5-7-11-20)15(18-3)13-8-9-19-12-14(13)17/h8-9,12,15,18H,4-7,10-11H2,1-3H3. The fraction of sp³-hybridized carbons (Fsp3) is 0.688. The molecule has 1 aromatic rings. The molecule has 112 valence electrons. The summed E-state index contributed by atoms with van der Waals surface area (Å²) in [6.45, 7) is 6.65. The van der Waals surface area contributed by atoms with E-state index < -0.39 is 0 Å². The molecule has 1 aliphatic rings. The summed E-state index contributed by atoms with van der Waals surface area (Å²) in [5, 5.41) is 3.34. The van der Waals surface area contributed by atoms with Gasteiger partial charge in [-0.3, -0.25) is 9.88 Å². The van der Waals surface area contributed by atoms with Crippen LogP contribution in [0.25, 0.3) is 0 Å². The van der Waals surface area contributed by atoms with Crippen molar-refractivity contribution in [2.45, 2.75) is 51.1 Å². The Hall–Kier alpha value is -1.00. The van der Waals surface area contributed by atoms with Gasteiger partial charge in [0.2, 0.25) is 0 Å². The van der Waals surface area contributed by atoms with Crippen LogP contribution < -0.4 is 5.32 Å². The molecule has 2 rings (SSSR count). The molecule has 1 aromatic heterocycles. The zero-order valence-corrected chi connectivity index (χ0v) is 12.8. The van der Waals surface area contributed by atoms with Crippen LogP contribution in [-0.4, -0.2) is 35.6 Å². The SMILES string of the molecule is CCC(C)(C(NC)c1ccncc1F)N1CCCCC1. The summed E-state index contributed by atoms with van der Waals surface area (Å²) in [6, 6.07) is 1.78. The Kier molecular flexibility index (Phi) is 5.11. The maximum absolute atomic E-state index is 14.1. The van der Waals surface area contributed by atoms with Crippen molar-refractivity contribution in [3.8, 4) is 0 Å². The number of piperidine rings is 1.